The Bertz CT molecular complexity index is 773. The van der Waals surface area contributed by atoms with Crippen molar-refractivity contribution >= 4 is 17.5 Å². The molecular formula is C18H18F2N2O3. The number of hydrogen-bond acceptors (Lipinski definition) is 3. The van der Waals surface area contributed by atoms with Crippen LogP contribution in [-0.2, 0) is 4.79 Å². The summed E-state index contributed by atoms with van der Waals surface area (Å²) in [4.78, 5) is 24.6. The largest absolute Gasteiger partial charge is 0.508 e. The number of carbonyl (C=O) groups excluding carboxylic acids is 2. The lowest BCUT2D eigenvalue weighted by atomic mass is 10.0. The van der Waals surface area contributed by atoms with E-state index in [1.54, 1.807) is 26.0 Å². The lowest BCUT2D eigenvalue weighted by Gasteiger charge is -2.22. The minimum atomic E-state index is -1.02. The van der Waals surface area contributed by atoms with Gasteiger partial charge in [0.15, 0.2) is 0 Å². The molecule has 0 aromatic heterocycles. The summed E-state index contributed by atoms with van der Waals surface area (Å²) in [6.07, 6.45) is 0. The number of carbonyl (C=O) groups is 2. The Morgan fingerprint density at radius 2 is 1.64 bits per heavy atom. The van der Waals surface area contributed by atoms with E-state index in [0.29, 0.717) is 5.69 Å². The molecule has 25 heavy (non-hydrogen) atoms. The summed E-state index contributed by atoms with van der Waals surface area (Å²) in [7, 11) is 0. The molecule has 132 valence electrons. The third kappa shape index (κ3) is 4.53. The van der Waals surface area contributed by atoms with Gasteiger partial charge in [0.2, 0.25) is 5.91 Å². The van der Waals surface area contributed by atoms with E-state index in [9.17, 15) is 23.5 Å². The molecule has 0 saturated carbocycles. The van der Waals surface area contributed by atoms with Gasteiger partial charge in [0.1, 0.15) is 29.0 Å². The van der Waals surface area contributed by atoms with E-state index in [1.165, 1.54) is 12.1 Å². The number of aromatic hydroxyl groups is 1. The lowest BCUT2D eigenvalue weighted by Crippen LogP contribution is -2.47. The van der Waals surface area contributed by atoms with Crippen LogP contribution in [0.4, 0.5) is 14.5 Å². The molecule has 7 heteroatoms. The Morgan fingerprint density at radius 1 is 1.04 bits per heavy atom. The molecule has 0 fully saturated rings. The zero-order valence-corrected chi connectivity index (χ0v) is 13.7. The van der Waals surface area contributed by atoms with Crippen molar-refractivity contribution < 1.29 is 23.5 Å². The van der Waals surface area contributed by atoms with Crippen LogP contribution in [0, 0.1) is 17.6 Å². The first kappa shape index (κ1) is 18.4. The molecule has 1 atom stereocenters. The molecule has 0 saturated heterocycles. The first-order valence-corrected chi connectivity index (χ1v) is 7.64. The van der Waals surface area contributed by atoms with Crippen molar-refractivity contribution in [1.29, 1.82) is 0 Å². The molecule has 0 aliphatic rings. The van der Waals surface area contributed by atoms with Crippen LogP contribution in [0.15, 0.2) is 42.5 Å². The predicted molar refractivity (Wildman–Crippen MR) is 89.2 cm³/mol. The van der Waals surface area contributed by atoms with Gasteiger partial charge in [0.05, 0.1) is 0 Å². The maximum absolute atomic E-state index is 13.7. The van der Waals surface area contributed by atoms with E-state index in [1.807, 2.05) is 0 Å². The number of anilines is 1. The highest BCUT2D eigenvalue weighted by atomic mass is 19.1. The monoisotopic (exact) mass is 348 g/mol. The van der Waals surface area contributed by atoms with Gasteiger partial charge in [-0.15, -0.1) is 0 Å². The summed E-state index contributed by atoms with van der Waals surface area (Å²) in [6.45, 7) is 3.37. The number of nitrogens with one attached hydrogen (secondary N) is 2. The average molecular weight is 348 g/mol. The van der Waals surface area contributed by atoms with Crippen LogP contribution in [0.3, 0.4) is 0 Å². The van der Waals surface area contributed by atoms with E-state index < -0.39 is 35.1 Å². The van der Waals surface area contributed by atoms with Gasteiger partial charge < -0.3 is 15.7 Å². The van der Waals surface area contributed by atoms with Crippen LogP contribution in [0.1, 0.15) is 24.2 Å². The van der Waals surface area contributed by atoms with E-state index in [-0.39, 0.29) is 11.7 Å². The highest BCUT2D eigenvalue weighted by Gasteiger charge is 2.27. The van der Waals surface area contributed by atoms with Crippen molar-refractivity contribution in [2.24, 2.45) is 5.92 Å². The van der Waals surface area contributed by atoms with E-state index in [2.05, 4.69) is 10.6 Å². The molecule has 3 N–H and O–H groups in total. The van der Waals surface area contributed by atoms with Gasteiger partial charge in [0.25, 0.3) is 5.91 Å². The number of phenols is 1. The Balaban J connectivity index is 2.18. The van der Waals surface area contributed by atoms with Crippen LogP contribution in [0.2, 0.25) is 0 Å². The minimum absolute atomic E-state index is 0.0311. The standard InChI is InChI=1S/C18H18F2N2O3/c1-10(2)16(18(25)21-11-5-3-6-12(23)9-11)22-17(24)15-13(19)7-4-8-14(15)20/h3-10,16,23H,1-2H3,(H,21,25)(H,22,24). The van der Waals surface area contributed by atoms with E-state index in [0.717, 1.165) is 18.2 Å². The van der Waals surface area contributed by atoms with Gasteiger partial charge in [0, 0.05) is 11.8 Å². The topological polar surface area (TPSA) is 78.4 Å². The van der Waals surface area contributed by atoms with Crippen molar-refractivity contribution in [2.45, 2.75) is 19.9 Å². The number of rotatable bonds is 5. The van der Waals surface area contributed by atoms with Crippen molar-refractivity contribution in [1.82, 2.24) is 5.32 Å². The fourth-order valence-corrected chi connectivity index (χ4v) is 2.27. The second-order valence-electron chi connectivity index (χ2n) is 5.83. The number of amides is 2. The van der Waals surface area contributed by atoms with Crippen LogP contribution in [0.25, 0.3) is 0 Å². The molecule has 0 radical (unpaired) electrons. The maximum Gasteiger partial charge on any atom is 0.257 e. The first-order chi connectivity index (χ1) is 11.8. The van der Waals surface area contributed by atoms with Gasteiger partial charge >= 0.3 is 0 Å². The molecule has 5 nitrogen and oxygen atoms in total. The maximum atomic E-state index is 13.7. The summed E-state index contributed by atoms with van der Waals surface area (Å²) in [5.74, 6) is -3.96. The minimum Gasteiger partial charge on any atom is -0.508 e. The lowest BCUT2D eigenvalue weighted by molar-refractivity contribution is -0.118. The zero-order valence-electron chi connectivity index (χ0n) is 13.7. The Labute approximate surface area is 143 Å². The van der Waals surface area contributed by atoms with Crippen molar-refractivity contribution in [3.05, 3.63) is 59.7 Å². The molecule has 2 aromatic rings. The van der Waals surface area contributed by atoms with E-state index in [4.69, 9.17) is 0 Å². The number of hydrogen-bond donors (Lipinski definition) is 3. The molecule has 0 spiro atoms. The smallest absolute Gasteiger partial charge is 0.257 e. The summed E-state index contributed by atoms with van der Waals surface area (Å²) in [6, 6.07) is 7.95. The first-order valence-electron chi connectivity index (χ1n) is 7.64. The summed E-state index contributed by atoms with van der Waals surface area (Å²) >= 11 is 0. The number of halogens is 2. The molecule has 0 aliphatic heterocycles. The number of benzene rings is 2. The van der Waals surface area contributed by atoms with E-state index >= 15 is 0 Å². The Kier molecular flexibility index (Phi) is 5.69. The molecule has 2 amide bonds. The van der Waals surface area contributed by atoms with Gasteiger partial charge in [-0.05, 0) is 30.2 Å². The van der Waals surface area contributed by atoms with Crippen molar-refractivity contribution in [2.75, 3.05) is 5.32 Å². The molecule has 2 aromatic carbocycles. The highest BCUT2D eigenvalue weighted by molar-refractivity contribution is 6.01. The van der Waals surface area contributed by atoms with Crippen LogP contribution in [-0.4, -0.2) is 23.0 Å². The molecule has 0 bridgehead atoms. The van der Waals surface area contributed by atoms with Crippen molar-refractivity contribution in [3.8, 4) is 5.75 Å². The Morgan fingerprint density at radius 3 is 2.20 bits per heavy atom. The second kappa shape index (κ2) is 7.74. The SMILES string of the molecule is CC(C)C(NC(=O)c1c(F)cccc1F)C(=O)Nc1cccc(O)c1. The van der Waals surface area contributed by atoms with Crippen LogP contribution in [0.5, 0.6) is 5.75 Å². The average Bonchev–Trinajstić information content (AvgIpc) is 2.52. The predicted octanol–water partition coefficient (Wildman–Crippen LogP) is 3.06. The van der Waals surface area contributed by atoms with Crippen LogP contribution >= 0.6 is 0 Å². The summed E-state index contributed by atoms with van der Waals surface area (Å²) < 4.78 is 27.4. The Hall–Kier alpha value is -2.96. The van der Waals surface area contributed by atoms with Gasteiger partial charge in [-0.25, -0.2) is 8.78 Å². The summed E-state index contributed by atoms with van der Waals surface area (Å²) in [5.41, 5.74) is -0.403. The third-order valence-electron chi connectivity index (χ3n) is 3.54. The van der Waals surface area contributed by atoms with Crippen molar-refractivity contribution in [3.63, 3.8) is 0 Å². The third-order valence-corrected chi connectivity index (χ3v) is 3.54. The molecule has 0 heterocycles. The van der Waals surface area contributed by atoms with Crippen LogP contribution < -0.4 is 10.6 Å². The normalized spacial score (nSPS) is 11.9. The number of phenolic OH excluding ortho intramolecular Hbond substituents is 1. The highest BCUT2D eigenvalue weighted by Crippen LogP contribution is 2.17. The van der Waals surface area contributed by atoms with Gasteiger partial charge in [-0.1, -0.05) is 26.0 Å². The zero-order chi connectivity index (χ0) is 18.6. The fraction of sp³-hybridized carbons (Fsp3) is 0.222. The molecule has 2 rings (SSSR count). The molecule has 1 unspecified atom stereocenters. The van der Waals surface area contributed by atoms with Gasteiger partial charge in [-0.2, -0.15) is 0 Å². The quantitative estimate of drug-likeness (QED) is 0.777. The molecular weight excluding hydrogens is 330 g/mol. The van der Waals surface area contributed by atoms with Gasteiger partial charge in [-0.3, -0.25) is 9.59 Å². The summed E-state index contributed by atoms with van der Waals surface area (Å²) in [5, 5.41) is 14.3. The second-order valence-corrected chi connectivity index (χ2v) is 5.83. The fourth-order valence-electron chi connectivity index (χ4n) is 2.27. The molecule has 0 aliphatic carbocycles.